The van der Waals surface area contributed by atoms with Gasteiger partial charge in [-0.2, -0.15) is 0 Å². The van der Waals surface area contributed by atoms with Crippen LogP contribution in [0.15, 0.2) is 11.6 Å². The fraction of sp³-hybridized carbons (Fsp3) is 0.897. The number of rotatable bonds is 10. The first-order chi connectivity index (χ1) is 17.0. The lowest BCUT2D eigenvalue weighted by atomic mass is 9.53. The predicted molar refractivity (Wildman–Crippen MR) is 136 cm³/mol. The number of ether oxygens (including phenoxy) is 5. The van der Waals surface area contributed by atoms with Gasteiger partial charge >= 0.3 is 5.97 Å². The highest BCUT2D eigenvalue weighted by Gasteiger charge is 2.68. The minimum absolute atomic E-state index is 0.181. The Balaban J connectivity index is 1.49. The van der Waals surface area contributed by atoms with Crippen molar-refractivity contribution in [2.45, 2.75) is 97.4 Å². The Bertz CT molecular complexity index is 826. The number of hydrogen-bond acceptors (Lipinski definition) is 6. The van der Waals surface area contributed by atoms with Crippen LogP contribution in [0.3, 0.4) is 0 Å². The third kappa shape index (κ3) is 4.27. The van der Waals surface area contributed by atoms with Crippen LogP contribution in [0, 0.1) is 40.4 Å². The number of methoxy groups -OCH3 is 3. The topological polar surface area (TPSA) is 83.5 Å². The van der Waals surface area contributed by atoms with Crippen LogP contribution in [0.5, 0.6) is 0 Å². The zero-order chi connectivity index (χ0) is 26.4. The predicted octanol–water partition coefficient (Wildman–Crippen LogP) is 4.93. The van der Waals surface area contributed by atoms with Gasteiger partial charge in [0.1, 0.15) is 18.3 Å². The second kappa shape index (κ2) is 10.6. The van der Waals surface area contributed by atoms with Crippen molar-refractivity contribution in [1.82, 2.24) is 0 Å². The van der Waals surface area contributed by atoms with Gasteiger partial charge in [0.05, 0.1) is 18.1 Å². The molecule has 3 fully saturated rings. The molecule has 0 amide bonds. The molecular weight excluding hydrogens is 460 g/mol. The highest BCUT2D eigenvalue weighted by molar-refractivity contribution is 5.82. The third-order valence-electron chi connectivity index (χ3n) is 10.4. The summed E-state index contributed by atoms with van der Waals surface area (Å²) in [6, 6.07) is 0. The van der Waals surface area contributed by atoms with Crippen molar-refractivity contribution >= 4 is 5.97 Å². The van der Waals surface area contributed by atoms with Crippen molar-refractivity contribution < 1.29 is 33.6 Å². The Morgan fingerprint density at radius 3 is 2.33 bits per heavy atom. The normalized spacial score (nSPS) is 46.5. The van der Waals surface area contributed by atoms with Gasteiger partial charge < -0.3 is 28.8 Å². The molecule has 1 aliphatic heterocycles. The van der Waals surface area contributed by atoms with Gasteiger partial charge in [-0.15, -0.1) is 0 Å². The van der Waals surface area contributed by atoms with Crippen molar-refractivity contribution in [3.8, 4) is 0 Å². The zero-order valence-electron chi connectivity index (χ0n) is 23.5. The van der Waals surface area contributed by atoms with E-state index >= 15 is 0 Å². The van der Waals surface area contributed by atoms with Crippen molar-refractivity contribution in [2.24, 2.45) is 40.4 Å². The fourth-order valence-electron chi connectivity index (χ4n) is 8.80. The number of allylic oxidation sites excluding steroid dienone is 1. The van der Waals surface area contributed by atoms with Gasteiger partial charge in [-0.1, -0.05) is 45.8 Å². The molecule has 7 heteroatoms. The molecule has 1 heterocycles. The molecular formula is C29H48O7. The van der Waals surface area contributed by atoms with Crippen molar-refractivity contribution in [3.63, 3.8) is 0 Å². The van der Waals surface area contributed by atoms with Crippen LogP contribution in [0.1, 0.15) is 66.7 Å². The van der Waals surface area contributed by atoms with Gasteiger partial charge in [0.15, 0.2) is 6.29 Å². The molecule has 4 rings (SSSR count). The summed E-state index contributed by atoms with van der Waals surface area (Å²) in [7, 11) is 4.97. The first kappa shape index (κ1) is 28.0. The molecule has 2 bridgehead atoms. The SMILES string of the molecule is COC1C(C)OC(OCCC2C(C)CCC2[C@@]2(C)CC3C=C(C(C)C)C2(C(=O)O)C3)C(OC)C1OC. The first-order valence-electron chi connectivity index (χ1n) is 13.9. The highest BCUT2D eigenvalue weighted by Crippen LogP contribution is 2.71. The molecule has 0 spiro atoms. The number of carbonyl (C=O) groups is 1. The highest BCUT2D eigenvalue weighted by atomic mass is 16.7. The van der Waals surface area contributed by atoms with Crippen molar-refractivity contribution in [1.29, 1.82) is 0 Å². The molecule has 0 aromatic heterocycles. The minimum atomic E-state index is -0.733. The van der Waals surface area contributed by atoms with Gasteiger partial charge in [-0.25, -0.2) is 0 Å². The van der Waals surface area contributed by atoms with Crippen LogP contribution >= 0.6 is 0 Å². The van der Waals surface area contributed by atoms with Crippen LogP contribution in [0.4, 0.5) is 0 Å². The molecule has 1 saturated heterocycles. The standard InChI is InChI=1S/C29H48O7/c1-16(2)22-13-19-14-28(5,29(22,15-19)27(30)31)21-10-9-17(3)20(21)11-12-35-26-25(34-8)24(33-7)23(32-6)18(4)36-26/h13,16-21,23-26H,9-12,14-15H2,1-8H3,(H,30,31)/t17?,18?,19?,20?,21?,23?,24?,25?,26?,28-,29?/m1/s1. The number of carboxylic acids is 1. The quantitative estimate of drug-likeness (QED) is 0.419. The molecule has 4 aliphatic rings. The second-order valence-corrected chi connectivity index (χ2v) is 12.4. The summed E-state index contributed by atoms with van der Waals surface area (Å²) < 4.78 is 29.5. The first-order valence-corrected chi connectivity index (χ1v) is 13.9. The minimum Gasteiger partial charge on any atom is -0.481 e. The van der Waals surface area contributed by atoms with Crippen LogP contribution in [0.2, 0.25) is 0 Å². The maximum atomic E-state index is 13.0. The molecule has 11 atom stereocenters. The summed E-state index contributed by atoms with van der Waals surface area (Å²) in [5.41, 5.74) is 0.198. The van der Waals surface area contributed by atoms with Gasteiger partial charge in [-0.05, 0) is 67.6 Å². The molecule has 3 aliphatic carbocycles. The summed E-state index contributed by atoms with van der Waals surface area (Å²) >= 11 is 0. The van der Waals surface area contributed by atoms with Gasteiger partial charge in [0, 0.05) is 21.3 Å². The lowest BCUT2D eigenvalue weighted by molar-refractivity contribution is -0.305. The zero-order valence-corrected chi connectivity index (χ0v) is 23.5. The van der Waals surface area contributed by atoms with E-state index in [1.807, 2.05) is 6.92 Å². The maximum absolute atomic E-state index is 13.0. The second-order valence-electron chi connectivity index (χ2n) is 12.4. The lowest BCUT2D eigenvalue weighted by Crippen LogP contribution is -2.59. The number of fused-ring (bicyclic) bond motifs is 2. The molecule has 0 aromatic rings. The monoisotopic (exact) mass is 508 g/mol. The molecule has 10 unspecified atom stereocenters. The smallest absolute Gasteiger partial charge is 0.314 e. The van der Waals surface area contributed by atoms with E-state index < -0.39 is 17.7 Å². The number of hydrogen-bond donors (Lipinski definition) is 1. The van der Waals surface area contributed by atoms with Gasteiger partial charge in [0.25, 0.3) is 0 Å². The third-order valence-corrected chi connectivity index (χ3v) is 10.4. The van der Waals surface area contributed by atoms with E-state index in [0.717, 1.165) is 37.7 Å². The van der Waals surface area contributed by atoms with Crippen molar-refractivity contribution in [3.05, 3.63) is 11.6 Å². The van der Waals surface area contributed by atoms with Gasteiger partial charge in [-0.3, -0.25) is 4.79 Å². The molecule has 1 N–H and O–H groups in total. The van der Waals surface area contributed by atoms with Crippen LogP contribution < -0.4 is 0 Å². The Morgan fingerprint density at radius 1 is 1.08 bits per heavy atom. The summed E-state index contributed by atoms with van der Waals surface area (Å²) in [5.74, 6) is 1.36. The van der Waals surface area contributed by atoms with E-state index in [1.165, 1.54) is 0 Å². The summed E-state index contributed by atoms with van der Waals surface area (Å²) in [4.78, 5) is 13.0. The van der Waals surface area contributed by atoms with Crippen LogP contribution in [-0.4, -0.2) is 69.7 Å². The number of carboxylic acid groups (broad SMARTS) is 1. The van der Waals surface area contributed by atoms with Crippen LogP contribution in [-0.2, 0) is 28.5 Å². The molecule has 206 valence electrons. The van der Waals surface area contributed by atoms with Gasteiger partial charge in [0.2, 0.25) is 0 Å². The molecule has 7 nitrogen and oxygen atoms in total. The van der Waals surface area contributed by atoms with E-state index in [-0.39, 0.29) is 35.7 Å². The Hall–Kier alpha value is -0.990. The average Bonchev–Trinajstić information content (AvgIpc) is 3.49. The number of aliphatic carboxylic acids is 1. The Labute approximate surface area is 217 Å². The summed E-state index contributed by atoms with van der Waals surface area (Å²) in [5, 5.41) is 10.7. The molecule has 0 aromatic carbocycles. The van der Waals surface area contributed by atoms with E-state index in [2.05, 4.69) is 33.8 Å². The molecule has 2 saturated carbocycles. The summed E-state index contributed by atoms with van der Waals surface area (Å²) in [6.07, 6.45) is 5.56. The van der Waals surface area contributed by atoms with E-state index in [0.29, 0.717) is 30.3 Å². The maximum Gasteiger partial charge on any atom is 0.314 e. The average molecular weight is 509 g/mol. The van der Waals surface area contributed by atoms with E-state index in [1.54, 1.807) is 21.3 Å². The molecule has 36 heavy (non-hydrogen) atoms. The summed E-state index contributed by atoms with van der Waals surface area (Å²) in [6.45, 7) is 11.4. The lowest BCUT2D eigenvalue weighted by Gasteiger charge is -2.50. The van der Waals surface area contributed by atoms with Crippen molar-refractivity contribution in [2.75, 3.05) is 27.9 Å². The fourth-order valence-corrected chi connectivity index (χ4v) is 8.80. The van der Waals surface area contributed by atoms with E-state index in [9.17, 15) is 9.90 Å². The molecule has 0 radical (unpaired) electrons. The van der Waals surface area contributed by atoms with Crippen LogP contribution in [0.25, 0.3) is 0 Å². The Kier molecular flexibility index (Phi) is 8.29. The largest absolute Gasteiger partial charge is 0.481 e. The van der Waals surface area contributed by atoms with E-state index in [4.69, 9.17) is 23.7 Å². The Morgan fingerprint density at radius 2 is 1.75 bits per heavy atom.